The molecule has 0 aromatic carbocycles. The van der Waals surface area contributed by atoms with Crippen LogP contribution in [0.3, 0.4) is 0 Å². The molecule has 6 nitrogen and oxygen atoms in total. The fourth-order valence-electron chi connectivity index (χ4n) is 7.52. The molecule has 0 aromatic heterocycles. The number of hydrazone groups is 1. The standard InChI is InChI=1S/C32H72N6P3/c1-23(2)34(24(3)4)40(35(25(5)6)26(7)8)22-41(36(27(9)10)28(11)12,37(29(13)14)30(15)16)38(40)33-21-39(31(17)18)32(19)20/h21-32H,1-20H3/q+1/b33-21+. The maximum absolute atomic E-state index is 5.86. The Bertz CT molecular complexity index is 679. The van der Waals surface area contributed by atoms with Gasteiger partial charge in [0.05, 0.1) is 5.96 Å². The van der Waals surface area contributed by atoms with Crippen LogP contribution in [0.5, 0.6) is 0 Å². The molecule has 1 rings (SSSR count). The molecule has 0 aliphatic carbocycles. The van der Waals surface area contributed by atoms with Gasteiger partial charge in [-0.3, -0.25) is 0 Å². The summed E-state index contributed by atoms with van der Waals surface area (Å²) in [5.74, 6) is 5.35. The maximum Gasteiger partial charge on any atom is 0.221 e. The molecule has 0 aromatic rings. The van der Waals surface area contributed by atoms with Gasteiger partial charge in [-0.25, -0.2) is 0 Å². The van der Waals surface area contributed by atoms with E-state index < -0.39 is 15.4 Å². The SMILES string of the molecule is CC(C)N(C(C)C)[P+]1(N(C(C)C)C(C)C)[CH-][P+](N(C(C)C)C(C)C)(N(C(C)C)C(C)C)N1/N=C/P(C(C)C)C(C)C. The van der Waals surface area contributed by atoms with E-state index in [4.69, 9.17) is 5.10 Å². The smallest absolute Gasteiger partial charge is 0.157 e. The molecule has 1 fully saturated rings. The van der Waals surface area contributed by atoms with Crippen molar-refractivity contribution in [3.63, 3.8) is 0 Å². The van der Waals surface area contributed by atoms with Crippen LogP contribution in [0.1, 0.15) is 138 Å². The van der Waals surface area contributed by atoms with Gasteiger partial charge in [0, 0.05) is 48.3 Å². The molecule has 0 saturated carbocycles. The molecular formula is C32H72N6P3+. The molecule has 1 aliphatic heterocycles. The Balaban J connectivity index is 4.44. The molecule has 1 aliphatic rings. The fourth-order valence-corrected chi connectivity index (χ4v) is 23.3. The van der Waals surface area contributed by atoms with Crippen molar-refractivity contribution in [1.29, 1.82) is 0 Å². The zero-order chi connectivity index (χ0) is 32.4. The summed E-state index contributed by atoms with van der Waals surface area (Å²) in [4.78, 5) is 0. The molecule has 1 saturated heterocycles. The van der Waals surface area contributed by atoms with E-state index in [9.17, 15) is 0 Å². The molecule has 1 heterocycles. The third-order valence-electron chi connectivity index (χ3n) is 7.91. The highest BCUT2D eigenvalue weighted by molar-refractivity contribution is 8.02. The van der Waals surface area contributed by atoms with Gasteiger partial charge < -0.3 is 0 Å². The van der Waals surface area contributed by atoms with Crippen LogP contribution in [-0.2, 0) is 0 Å². The molecule has 0 radical (unpaired) electrons. The minimum Gasteiger partial charge on any atom is -0.157 e. The van der Waals surface area contributed by atoms with Crippen LogP contribution in [0, 0.1) is 5.90 Å². The highest BCUT2D eigenvalue weighted by Crippen LogP contribution is 3.02. The number of nitrogens with zero attached hydrogens (tertiary/aromatic N) is 6. The van der Waals surface area contributed by atoms with Crippen molar-refractivity contribution in [1.82, 2.24) is 23.2 Å². The van der Waals surface area contributed by atoms with Crippen molar-refractivity contribution in [3.05, 3.63) is 5.90 Å². The van der Waals surface area contributed by atoms with E-state index in [2.05, 4.69) is 174 Å². The largest absolute Gasteiger partial charge is 0.221 e. The van der Waals surface area contributed by atoms with Gasteiger partial charge in [-0.05, 0) is 127 Å². The van der Waals surface area contributed by atoms with Crippen molar-refractivity contribution in [3.8, 4) is 0 Å². The van der Waals surface area contributed by atoms with Crippen LogP contribution in [0.15, 0.2) is 5.10 Å². The van der Waals surface area contributed by atoms with Crippen LogP contribution in [0.2, 0.25) is 0 Å². The van der Waals surface area contributed by atoms with Crippen LogP contribution >= 0.6 is 23.4 Å². The monoisotopic (exact) mass is 634 g/mol. The zero-order valence-electron chi connectivity index (χ0n) is 31.0. The molecular weight excluding hydrogens is 561 g/mol. The summed E-state index contributed by atoms with van der Waals surface area (Å²) in [6.07, 6.45) is 0. The van der Waals surface area contributed by atoms with Crippen molar-refractivity contribution >= 4 is 29.3 Å². The van der Waals surface area contributed by atoms with Crippen LogP contribution in [0.25, 0.3) is 0 Å². The average molecular weight is 634 g/mol. The van der Waals surface area contributed by atoms with E-state index in [1.807, 2.05) is 0 Å². The van der Waals surface area contributed by atoms with Crippen LogP contribution in [-0.4, -0.2) is 88.8 Å². The molecule has 244 valence electrons. The predicted molar refractivity (Wildman–Crippen MR) is 194 cm³/mol. The lowest BCUT2D eigenvalue weighted by Crippen LogP contribution is -2.64. The van der Waals surface area contributed by atoms with Gasteiger partial charge in [0.15, 0.2) is 0 Å². The normalized spacial score (nSPS) is 18.3. The molecule has 0 unspecified atom stereocenters. The third kappa shape index (κ3) is 7.88. The predicted octanol–water partition coefficient (Wildman–Crippen LogP) is 10.7. The summed E-state index contributed by atoms with van der Waals surface area (Å²) in [6.45, 7) is 47.9. The van der Waals surface area contributed by atoms with Crippen molar-refractivity contribution in [2.75, 3.05) is 0 Å². The lowest BCUT2D eigenvalue weighted by molar-refractivity contribution is 0.192. The molecule has 0 atom stereocenters. The summed E-state index contributed by atoms with van der Waals surface area (Å²) >= 11 is 0. The second kappa shape index (κ2) is 15.7. The van der Waals surface area contributed by atoms with Gasteiger partial charge in [0.25, 0.3) is 0 Å². The second-order valence-corrected chi connectivity index (χ2v) is 24.2. The van der Waals surface area contributed by atoms with E-state index in [0.29, 0.717) is 59.7 Å². The topological polar surface area (TPSA) is 28.6 Å². The first-order valence-corrected chi connectivity index (χ1v) is 21.5. The van der Waals surface area contributed by atoms with Gasteiger partial charge in [-0.15, -0.1) is 5.10 Å². The van der Waals surface area contributed by atoms with Crippen LogP contribution in [0.4, 0.5) is 0 Å². The minimum absolute atomic E-state index is 0.351. The van der Waals surface area contributed by atoms with Gasteiger partial charge in [-0.2, -0.15) is 18.7 Å². The molecule has 0 N–H and O–H groups in total. The highest BCUT2D eigenvalue weighted by Gasteiger charge is 2.81. The Morgan fingerprint density at radius 3 is 0.854 bits per heavy atom. The van der Waals surface area contributed by atoms with Gasteiger partial charge in [0.1, 0.15) is 5.90 Å². The van der Waals surface area contributed by atoms with E-state index in [0.717, 1.165) is 0 Å². The van der Waals surface area contributed by atoms with Gasteiger partial charge in [0.2, 0.25) is 15.4 Å². The van der Waals surface area contributed by atoms with Gasteiger partial charge in [-0.1, -0.05) is 35.6 Å². The van der Waals surface area contributed by atoms with E-state index >= 15 is 0 Å². The Kier molecular flexibility index (Phi) is 15.2. The quantitative estimate of drug-likeness (QED) is 0.0958. The first-order valence-electron chi connectivity index (χ1n) is 16.6. The van der Waals surface area contributed by atoms with Crippen molar-refractivity contribution in [2.45, 2.75) is 198 Å². The first kappa shape index (κ1) is 39.6. The number of hydrogen-bond donors (Lipinski definition) is 0. The Labute approximate surface area is 261 Å². The third-order valence-corrected chi connectivity index (χ3v) is 22.4. The van der Waals surface area contributed by atoms with Crippen molar-refractivity contribution < 1.29 is 0 Å². The Morgan fingerprint density at radius 2 is 0.683 bits per heavy atom. The Morgan fingerprint density at radius 1 is 0.463 bits per heavy atom. The molecule has 0 bridgehead atoms. The summed E-state index contributed by atoms with van der Waals surface area (Å²) in [5, 5.41) is 5.86. The highest BCUT2D eigenvalue weighted by atomic mass is 31.3. The minimum atomic E-state index is -2.18. The van der Waals surface area contributed by atoms with E-state index in [1.54, 1.807) is 0 Å². The second-order valence-electron chi connectivity index (χ2n) is 14.7. The number of hydrogen-bond acceptors (Lipinski definition) is 6. The summed E-state index contributed by atoms with van der Waals surface area (Å²) in [5.41, 5.74) is 1.21. The molecule has 0 amide bonds. The van der Waals surface area contributed by atoms with Crippen molar-refractivity contribution in [2.24, 2.45) is 5.10 Å². The Hall–Kier alpha value is 0.600. The number of rotatable bonds is 16. The summed E-state index contributed by atoms with van der Waals surface area (Å²) < 4.78 is 14.2. The molecule has 41 heavy (non-hydrogen) atoms. The summed E-state index contributed by atoms with van der Waals surface area (Å²) in [6, 6.07) is 3.18. The zero-order valence-corrected chi connectivity index (χ0v) is 33.6. The molecule has 9 heteroatoms. The summed E-state index contributed by atoms with van der Waals surface area (Å²) in [7, 11) is -4.70. The van der Waals surface area contributed by atoms with E-state index in [-0.39, 0.29) is 7.92 Å². The maximum atomic E-state index is 5.86. The van der Waals surface area contributed by atoms with Gasteiger partial charge >= 0.3 is 0 Å². The molecule has 0 spiro atoms. The van der Waals surface area contributed by atoms with Crippen LogP contribution < -0.4 is 0 Å². The lowest BCUT2D eigenvalue weighted by Gasteiger charge is -2.69. The average Bonchev–Trinajstić information content (AvgIpc) is 2.73. The van der Waals surface area contributed by atoms with E-state index in [1.165, 1.54) is 0 Å². The lowest BCUT2D eigenvalue weighted by atomic mass is 10.3. The fraction of sp³-hybridized carbons (Fsp3) is 0.938. The first-order chi connectivity index (χ1) is 18.6.